The summed E-state index contributed by atoms with van der Waals surface area (Å²) in [6, 6.07) is 0.0572. The van der Waals surface area contributed by atoms with E-state index in [4.69, 9.17) is 22.1 Å². The molecule has 0 saturated heterocycles. The van der Waals surface area contributed by atoms with Gasteiger partial charge in [-0.25, -0.2) is 0 Å². The minimum Gasteiger partial charge on any atom is -0.496 e. The van der Waals surface area contributed by atoms with Crippen LogP contribution in [0.15, 0.2) is 0 Å². The van der Waals surface area contributed by atoms with Gasteiger partial charge in [0.05, 0.1) is 7.11 Å². The Labute approximate surface area is 108 Å². The first-order valence-corrected chi connectivity index (χ1v) is 6.07. The first-order chi connectivity index (χ1) is 7.99. The number of nitrogens with one attached hydrogen (secondary N) is 1. The van der Waals surface area contributed by atoms with Crippen molar-refractivity contribution < 1.29 is 4.74 Å². The number of halogens is 1. The molecule has 1 rings (SSSR count). The summed E-state index contributed by atoms with van der Waals surface area (Å²) in [6.45, 7) is 6.54. The van der Waals surface area contributed by atoms with Gasteiger partial charge in [-0.1, -0.05) is 11.6 Å². The Hall–Kier alpha value is -0.770. The minimum absolute atomic E-state index is 0.0572. The lowest BCUT2D eigenvalue weighted by molar-refractivity contribution is 0.398. The van der Waals surface area contributed by atoms with Crippen LogP contribution in [0.4, 0.5) is 0 Å². The van der Waals surface area contributed by atoms with Crippen LogP contribution in [0.25, 0.3) is 0 Å². The lowest BCUT2D eigenvalue weighted by Gasteiger charge is -2.24. The molecule has 0 aliphatic carbocycles. The van der Waals surface area contributed by atoms with Gasteiger partial charge in [-0.05, 0) is 44.5 Å². The summed E-state index contributed by atoms with van der Waals surface area (Å²) in [5.41, 5.74) is 10.0. The Bertz CT molecular complexity index is 415. The molecule has 0 saturated carbocycles. The van der Waals surface area contributed by atoms with Crippen LogP contribution in [-0.4, -0.2) is 20.7 Å². The van der Waals surface area contributed by atoms with Crippen molar-refractivity contribution in [2.45, 2.75) is 26.8 Å². The lowest BCUT2D eigenvalue weighted by Crippen LogP contribution is -2.26. The molecule has 1 atom stereocenters. The molecule has 0 spiro atoms. The fraction of sp³-hybridized carbons (Fsp3) is 0.538. The van der Waals surface area contributed by atoms with Crippen LogP contribution in [0, 0.1) is 20.8 Å². The second kappa shape index (κ2) is 5.71. The van der Waals surface area contributed by atoms with Gasteiger partial charge in [0.1, 0.15) is 5.75 Å². The lowest BCUT2D eigenvalue weighted by atomic mass is 9.94. The van der Waals surface area contributed by atoms with Gasteiger partial charge in [0.15, 0.2) is 0 Å². The zero-order valence-corrected chi connectivity index (χ0v) is 11.9. The molecule has 17 heavy (non-hydrogen) atoms. The molecule has 1 aromatic carbocycles. The highest BCUT2D eigenvalue weighted by Crippen LogP contribution is 2.38. The Morgan fingerprint density at radius 3 is 2.24 bits per heavy atom. The van der Waals surface area contributed by atoms with Gasteiger partial charge < -0.3 is 15.8 Å². The fourth-order valence-corrected chi connectivity index (χ4v) is 2.41. The highest BCUT2D eigenvalue weighted by Gasteiger charge is 2.21. The van der Waals surface area contributed by atoms with E-state index in [1.165, 1.54) is 0 Å². The Morgan fingerprint density at radius 1 is 1.24 bits per heavy atom. The molecule has 3 N–H and O–H groups in total. The normalized spacial score (nSPS) is 12.6. The summed E-state index contributed by atoms with van der Waals surface area (Å²) in [5, 5.41) is 3.99. The first-order valence-electron chi connectivity index (χ1n) is 5.70. The Kier molecular flexibility index (Phi) is 4.80. The van der Waals surface area contributed by atoms with Crippen molar-refractivity contribution in [3.8, 4) is 5.75 Å². The monoisotopic (exact) mass is 256 g/mol. The zero-order valence-electron chi connectivity index (χ0n) is 11.1. The fourth-order valence-electron chi connectivity index (χ4n) is 2.17. The van der Waals surface area contributed by atoms with Crippen molar-refractivity contribution in [3.63, 3.8) is 0 Å². The van der Waals surface area contributed by atoms with Crippen molar-refractivity contribution in [3.05, 3.63) is 27.3 Å². The predicted octanol–water partition coefficient (Wildman–Crippen LogP) is 2.49. The number of nitrogens with two attached hydrogens (primary N) is 1. The van der Waals surface area contributed by atoms with Gasteiger partial charge in [-0.15, -0.1) is 0 Å². The third-order valence-corrected chi connectivity index (χ3v) is 3.91. The van der Waals surface area contributed by atoms with Crippen LogP contribution >= 0.6 is 11.6 Å². The molecular weight excluding hydrogens is 236 g/mol. The molecule has 0 aromatic heterocycles. The number of likely N-dealkylation sites (N-methyl/N-ethyl adjacent to an activating group) is 1. The summed E-state index contributed by atoms with van der Waals surface area (Å²) >= 11 is 6.35. The average molecular weight is 257 g/mol. The second-order valence-corrected chi connectivity index (χ2v) is 4.59. The molecule has 3 nitrogen and oxygen atoms in total. The van der Waals surface area contributed by atoms with Gasteiger partial charge in [0, 0.05) is 23.2 Å². The minimum atomic E-state index is 0.0572. The quantitative estimate of drug-likeness (QED) is 0.870. The number of benzene rings is 1. The molecule has 1 unspecified atom stereocenters. The van der Waals surface area contributed by atoms with Crippen molar-refractivity contribution >= 4 is 11.6 Å². The van der Waals surface area contributed by atoms with E-state index in [0.29, 0.717) is 6.54 Å². The molecule has 0 aliphatic heterocycles. The van der Waals surface area contributed by atoms with Crippen LogP contribution in [0.5, 0.6) is 5.75 Å². The molecule has 1 aromatic rings. The van der Waals surface area contributed by atoms with Crippen LogP contribution < -0.4 is 15.8 Å². The van der Waals surface area contributed by atoms with E-state index in [0.717, 1.165) is 33.0 Å². The largest absolute Gasteiger partial charge is 0.496 e. The van der Waals surface area contributed by atoms with Crippen molar-refractivity contribution in [1.29, 1.82) is 0 Å². The van der Waals surface area contributed by atoms with E-state index in [1.54, 1.807) is 7.11 Å². The van der Waals surface area contributed by atoms with E-state index >= 15 is 0 Å². The maximum Gasteiger partial charge on any atom is 0.127 e. The predicted molar refractivity (Wildman–Crippen MR) is 73.1 cm³/mol. The number of methoxy groups -OCH3 is 1. The van der Waals surface area contributed by atoms with Crippen LogP contribution in [-0.2, 0) is 0 Å². The van der Waals surface area contributed by atoms with E-state index in [9.17, 15) is 0 Å². The number of rotatable bonds is 4. The Balaban J connectivity index is 3.56. The summed E-state index contributed by atoms with van der Waals surface area (Å²) < 4.78 is 5.52. The first kappa shape index (κ1) is 14.3. The maximum absolute atomic E-state index is 6.35. The van der Waals surface area contributed by atoms with E-state index in [1.807, 2.05) is 27.8 Å². The number of hydrogen-bond acceptors (Lipinski definition) is 3. The average Bonchev–Trinajstić information content (AvgIpc) is 2.34. The van der Waals surface area contributed by atoms with Gasteiger partial charge >= 0.3 is 0 Å². The SMILES string of the molecule is CNC(CN)c1c(C)c(Cl)c(C)c(C)c1OC. The third kappa shape index (κ3) is 2.41. The van der Waals surface area contributed by atoms with E-state index in [-0.39, 0.29) is 6.04 Å². The van der Waals surface area contributed by atoms with Crippen LogP contribution in [0.1, 0.15) is 28.3 Å². The second-order valence-electron chi connectivity index (χ2n) is 4.21. The summed E-state index contributed by atoms with van der Waals surface area (Å²) in [7, 11) is 3.57. The Morgan fingerprint density at radius 2 is 1.82 bits per heavy atom. The zero-order chi connectivity index (χ0) is 13.2. The van der Waals surface area contributed by atoms with Gasteiger partial charge in [-0.2, -0.15) is 0 Å². The maximum atomic E-state index is 6.35. The van der Waals surface area contributed by atoms with Crippen LogP contribution in [0.3, 0.4) is 0 Å². The molecular formula is C13H21ClN2O. The number of ether oxygens (including phenoxy) is 1. The molecule has 0 bridgehead atoms. The van der Waals surface area contributed by atoms with E-state index in [2.05, 4.69) is 5.32 Å². The smallest absolute Gasteiger partial charge is 0.127 e. The van der Waals surface area contributed by atoms with Crippen LogP contribution in [0.2, 0.25) is 5.02 Å². The molecule has 0 heterocycles. The topological polar surface area (TPSA) is 47.3 Å². The van der Waals surface area contributed by atoms with Crippen molar-refractivity contribution in [1.82, 2.24) is 5.32 Å². The summed E-state index contributed by atoms with van der Waals surface area (Å²) in [6.07, 6.45) is 0. The number of hydrogen-bond donors (Lipinski definition) is 2. The molecule has 0 amide bonds. The van der Waals surface area contributed by atoms with Gasteiger partial charge in [-0.3, -0.25) is 0 Å². The molecule has 0 aliphatic rings. The van der Waals surface area contributed by atoms with Crippen molar-refractivity contribution in [2.75, 3.05) is 20.7 Å². The third-order valence-electron chi connectivity index (χ3n) is 3.35. The highest BCUT2D eigenvalue weighted by molar-refractivity contribution is 6.32. The highest BCUT2D eigenvalue weighted by atomic mass is 35.5. The van der Waals surface area contributed by atoms with E-state index < -0.39 is 0 Å². The summed E-state index contributed by atoms with van der Waals surface area (Å²) in [4.78, 5) is 0. The standard InChI is InChI=1S/C13H21ClN2O/c1-7-8(2)13(17-5)11(9(3)12(7)14)10(6-15)16-4/h10,16H,6,15H2,1-5H3. The molecule has 4 heteroatoms. The molecule has 0 radical (unpaired) electrons. The van der Waals surface area contributed by atoms with Gasteiger partial charge in [0.2, 0.25) is 0 Å². The molecule has 0 fully saturated rings. The van der Waals surface area contributed by atoms with Gasteiger partial charge in [0.25, 0.3) is 0 Å². The van der Waals surface area contributed by atoms with Crippen molar-refractivity contribution in [2.24, 2.45) is 5.73 Å². The summed E-state index contributed by atoms with van der Waals surface area (Å²) in [5.74, 6) is 0.884. The molecule has 96 valence electrons.